The highest BCUT2D eigenvalue weighted by molar-refractivity contribution is 5.89. The Morgan fingerprint density at radius 1 is 1.06 bits per heavy atom. The number of benzene rings is 1. The lowest BCUT2D eigenvalue weighted by Gasteiger charge is -2.10. The zero-order valence-electron chi connectivity index (χ0n) is 19.9. The second kappa shape index (κ2) is 10.4. The molecule has 1 aromatic carbocycles. The van der Waals surface area contributed by atoms with E-state index in [1.165, 1.54) is 4.57 Å². The Morgan fingerprint density at radius 2 is 1.77 bits per heavy atom. The molecule has 0 aliphatic carbocycles. The van der Waals surface area contributed by atoms with Gasteiger partial charge in [0, 0.05) is 26.2 Å². The van der Waals surface area contributed by atoms with Crippen LogP contribution in [0.4, 0.5) is 0 Å². The summed E-state index contributed by atoms with van der Waals surface area (Å²) in [6.07, 6.45) is 4.78. The van der Waals surface area contributed by atoms with Gasteiger partial charge in [-0.2, -0.15) is 0 Å². The molecule has 4 rings (SSSR count). The summed E-state index contributed by atoms with van der Waals surface area (Å²) in [7, 11) is 1.74. The van der Waals surface area contributed by atoms with Crippen LogP contribution < -0.4 is 11.2 Å². The van der Waals surface area contributed by atoms with Crippen LogP contribution in [0.5, 0.6) is 0 Å². The summed E-state index contributed by atoms with van der Waals surface area (Å²) in [6.45, 7) is 4.65. The minimum atomic E-state index is -0.453. The number of carbonyl (C=O) groups is 1. The molecular formula is C25H27N5O5. The molecule has 4 aromatic rings. The third-order valence-electron chi connectivity index (χ3n) is 5.51. The van der Waals surface area contributed by atoms with E-state index in [0.29, 0.717) is 53.5 Å². The normalized spacial score (nSPS) is 11.5. The van der Waals surface area contributed by atoms with Crippen LogP contribution in [0.3, 0.4) is 0 Å². The summed E-state index contributed by atoms with van der Waals surface area (Å²) in [5, 5.41) is 3.97. The molecule has 0 fully saturated rings. The summed E-state index contributed by atoms with van der Waals surface area (Å²) in [5.74, 6) is 0.430. The maximum Gasteiger partial charge on any atom is 0.338 e. The van der Waals surface area contributed by atoms with Gasteiger partial charge in [0.25, 0.3) is 5.56 Å². The molecule has 0 saturated heterocycles. The number of aromatic nitrogens is 5. The number of imidazole rings is 1. The third kappa shape index (κ3) is 4.86. The summed E-state index contributed by atoms with van der Waals surface area (Å²) in [5.41, 5.74) is 0.999. The van der Waals surface area contributed by atoms with Gasteiger partial charge in [0.2, 0.25) is 0 Å². The number of esters is 1. The summed E-state index contributed by atoms with van der Waals surface area (Å²) >= 11 is 0. The fraction of sp³-hybridized carbons (Fsp3) is 0.320. The maximum absolute atomic E-state index is 13.0. The van der Waals surface area contributed by atoms with Gasteiger partial charge >= 0.3 is 11.7 Å². The van der Waals surface area contributed by atoms with Crippen molar-refractivity contribution in [2.45, 2.75) is 46.4 Å². The smallest absolute Gasteiger partial charge is 0.338 e. The van der Waals surface area contributed by atoms with Gasteiger partial charge < -0.3 is 13.8 Å². The van der Waals surface area contributed by atoms with E-state index in [1.54, 1.807) is 58.7 Å². The van der Waals surface area contributed by atoms with Gasteiger partial charge in [-0.25, -0.2) is 14.6 Å². The molecule has 3 heterocycles. The number of aryl methyl sites for hydroxylation is 2. The number of hydrogen-bond donors (Lipinski definition) is 0. The van der Waals surface area contributed by atoms with Crippen molar-refractivity contribution in [2.24, 2.45) is 7.05 Å². The van der Waals surface area contributed by atoms with E-state index >= 15 is 0 Å². The first-order valence-electron chi connectivity index (χ1n) is 11.5. The fourth-order valence-corrected chi connectivity index (χ4v) is 3.80. The molecule has 10 heteroatoms. The van der Waals surface area contributed by atoms with Crippen molar-refractivity contribution in [3.05, 3.63) is 80.1 Å². The number of ether oxygens (including phenoxy) is 1. The lowest BCUT2D eigenvalue weighted by molar-refractivity contribution is 0.0437. The van der Waals surface area contributed by atoms with Crippen LogP contribution >= 0.6 is 0 Å². The van der Waals surface area contributed by atoms with Gasteiger partial charge in [0.15, 0.2) is 23.5 Å². The minimum absolute atomic E-state index is 0.0544. The Labute approximate surface area is 201 Å². The number of hydrogen-bond acceptors (Lipinski definition) is 7. The van der Waals surface area contributed by atoms with Crippen molar-refractivity contribution in [3.8, 4) is 0 Å². The lowest BCUT2D eigenvalue weighted by atomic mass is 10.2. The van der Waals surface area contributed by atoms with Crippen LogP contribution in [-0.2, 0) is 31.5 Å². The standard InChI is InChI=1S/C25H27N5O5/c1-4-13-29-22-21(23(31)30(14-5-2)25(29)33)28(3)20(26-22)12-11-18-15-19(35-27-18)16-34-24(32)17-9-7-6-8-10-17/h6-12,15H,4-5,13-14,16H2,1-3H3. The largest absolute Gasteiger partial charge is 0.454 e. The van der Waals surface area contributed by atoms with E-state index in [9.17, 15) is 14.4 Å². The van der Waals surface area contributed by atoms with Crippen LogP contribution in [0, 0.1) is 0 Å². The van der Waals surface area contributed by atoms with Gasteiger partial charge in [-0.1, -0.05) is 37.2 Å². The molecule has 10 nitrogen and oxygen atoms in total. The molecule has 0 saturated carbocycles. The quantitative estimate of drug-likeness (QED) is 0.340. The van der Waals surface area contributed by atoms with Gasteiger partial charge in [-0.15, -0.1) is 0 Å². The summed E-state index contributed by atoms with van der Waals surface area (Å²) in [4.78, 5) is 42.6. The SMILES string of the molecule is CCCn1c(=O)c2c(nc(C=Cc3cc(COC(=O)c4ccccc4)on3)n2C)n(CCC)c1=O. The molecular weight excluding hydrogens is 450 g/mol. The first kappa shape index (κ1) is 23.9. The highest BCUT2D eigenvalue weighted by Gasteiger charge is 2.18. The average molecular weight is 478 g/mol. The van der Waals surface area contributed by atoms with Gasteiger partial charge in [-0.05, 0) is 37.1 Å². The number of nitrogens with zero attached hydrogens (tertiary/aromatic N) is 5. The number of fused-ring (bicyclic) bond motifs is 1. The maximum atomic E-state index is 13.0. The molecule has 182 valence electrons. The molecule has 0 radical (unpaired) electrons. The topological polar surface area (TPSA) is 114 Å². The van der Waals surface area contributed by atoms with Crippen molar-refractivity contribution < 1.29 is 14.1 Å². The number of rotatable bonds is 9. The third-order valence-corrected chi connectivity index (χ3v) is 5.51. The second-order valence-electron chi connectivity index (χ2n) is 8.09. The first-order valence-corrected chi connectivity index (χ1v) is 11.5. The van der Waals surface area contributed by atoms with E-state index in [1.807, 2.05) is 19.9 Å². The van der Waals surface area contributed by atoms with Gasteiger partial charge in [0.1, 0.15) is 11.5 Å². The van der Waals surface area contributed by atoms with Gasteiger partial charge in [0.05, 0.1) is 5.56 Å². The van der Waals surface area contributed by atoms with Crippen LogP contribution in [-0.4, -0.2) is 29.8 Å². The molecule has 0 bridgehead atoms. The average Bonchev–Trinajstić information content (AvgIpc) is 3.46. The Kier molecular flexibility index (Phi) is 7.09. The molecule has 35 heavy (non-hydrogen) atoms. The van der Waals surface area contributed by atoms with Crippen molar-refractivity contribution in [1.82, 2.24) is 23.8 Å². The monoisotopic (exact) mass is 477 g/mol. The highest BCUT2D eigenvalue weighted by Crippen LogP contribution is 2.15. The first-order chi connectivity index (χ1) is 16.9. The zero-order valence-corrected chi connectivity index (χ0v) is 19.9. The molecule has 0 atom stereocenters. The van der Waals surface area contributed by atoms with Crippen molar-refractivity contribution >= 4 is 29.3 Å². The zero-order chi connectivity index (χ0) is 24.9. The molecule has 3 aromatic heterocycles. The predicted octanol–water partition coefficient (Wildman–Crippen LogP) is 3.23. The van der Waals surface area contributed by atoms with Crippen molar-refractivity contribution in [1.29, 1.82) is 0 Å². The Balaban J connectivity index is 1.58. The van der Waals surface area contributed by atoms with E-state index in [0.717, 1.165) is 6.42 Å². The van der Waals surface area contributed by atoms with Crippen molar-refractivity contribution in [3.63, 3.8) is 0 Å². The Morgan fingerprint density at radius 3 is 2.49 bits per heavy atom. The molecule has 0 spiro atoms. The van der Waals surface area contributed by atoms with Crippen LogP contribution in [0.2, 0.25) is 0 Å². The van der Waals surface area contributed by atoms with Crippen LogP contribution in [0.25, 0.3) is 23.3 Å². The molecule has 0 N–H and O–H groups in total. The van der Waals surface area contributed by atoms with Crippen molar-refractivity contribution in [2.75, 3.05) is 0 Å². The Hall–Kier alpha value is -4.21. The van der Waals surface area contributed by atoms with E-state index in [-0.39, 0.29) is 17.9 Å². The van der Waals surface area contributed by atoms with E-state index < -0.39 is 5.97 Å². The minimum Gasteiger partial charge on any atom is -0.454 e. The van der Waals surface area contributed by atoms with E-state index in [2.05, 4.69) is 10.1 Å². The van der Waals surface area contributed by atoms with E-state index in [4.69, 9.17) is 9.26 Å². The predicted molar refractivity (Wildman–Crippen MR) is 131 cm³/mol. The lowest BCUT2D eigenvalue weighted by Crippen LogP contribution is -2.40. The highest BCUT2D eigenvalue weighted by atomic mass is 16.5. The molecule has 0 aliphatic heterocycles. The fourth-order valence-electron chi connectivity index (χ4n) is 3.80. The number of carbonyl (C=O) groups excluding carboxylic acids is 1. The van der Waals surface area contributed by atoms with Crippen LogP contribution in [0.1, 0.15) is 54.3 Å². The molecule has 0 amide bonds. The van der Waals surface area contributed by atoms with Crippen LogP contribution in [0.15, 0.2) is 50.5 Å². The second-order valence-corrected chi connectivity index (χ2v) is 8.09. The summed E-state index contributed by atoms with van der Waals surface area (Å²) in [6, 6.07) is 10.3. The Bertz CT molecular complexity index is 1490. The molecule has 0 unspecified atom stereocenters. The molecule has 0 aliphatic rings. The summed E-state index contributed by atoms with van der Waals surface area (Å²) < 4.78 is 15.0. The van der Waals surface area contributed by atoms with Gasteiger partial charge in [-0.3, -0.25) is 13.9 Å².